The molecule has 13 heavy (non-hydrogen) atoms. The number of halogens is 2. The van der Waals surface area contributed by atoms with Crippen LogP contribution in [0, 0.1) is 0 Å². The van der Waals surface area contributed by atoms with Crippen molar-refractivity contribution >= 4 is 0 Å². The van der Waals surface area contributed by atoms with E-state index in [-0.39, 0.29) is 12.1 Å². The van der Waals surface area contributed by atoms with Crippen molar-refractivity contribution in [1.29, 1.82) is 0 Å². The van der Waals surface area contributed by atoms with Crippen LogP contribution in [0.2, 0.25) is 0 Å². The van der Waals surface area contributed by atoms with Gasteiger partial charge in [-0.3, -0.25) is 4.98 Å². The second-order valence-corrected chi connectivity index (χ2v) is 2.42. The number of hydrogen-bond donors (Lipinski definition) is 1. The molecule has 0 aliphatic carbocycles. The number of aromatic nitrogens is 1. The molecule has 0 unspecified atom stereocenters. The highest BCUT2D eigenvalue weighted by atomic mass is 19.3. The highest BCUT2D eigenvalue weighted by molar-refractivity contribution is 5.31. The molecule has 0 atom stereocenters. The molecule has 0 spiro atoms. The second-order valence-electron chi connectivity index (χ2n) is 2.42. The number of nitrogens with two attached hydrogens (primary N) is 1. The molecular weight excluding hydrogens is 178 g/mol. The number of nitrogens with zero attached hydrogens (tertiary/aromatic N) is 1. The van der Waals surface area contributed by atoms with E-state index in [4.69, 9.17) is 10.5 Å². The van der Waals surface area contributed by atoms with Gasteiger partial charge in [0.25, 0.3) is 6.43 Å². The number of rotatable bonds is 3. The minimum atomic E-state index is -2.53. The average molecular weight is 188 g/mol. The predicted molar refractivity (Wildman–Crippen MR) is 43.6 cm³/mol. The van der Waals surface area contributed by atoms with E-state index in [1.165, 1.54) is 13.2 Å². The lowest BCUT2D eigenvalue weighted by atomic mass is 10.2. The first-order chi connectivity index (χ1) is 6.19. The molecule has 3 nitrogen and oxygen atoms in total. The Hall–Kier alpha value is -1.23. The summed E-state index contributed by atoms with van der Waals surface area (Å²) >= 11 is 0. The van der Waals surface area contributed by atoms with Crippen LogP contribution >= 0.6 is 0 Å². The van der Waals surface area contributed by atoms with Gasteiger partial charge in [-0.1, -0.05) is 0 Å². The maximum absolute atomic E-state index is 12.2. The van der Waals surface area contributed by atoms with Crippen LogP contribution in [-0.4, -0.2) is 12.1 Å². The third-order valence-corrected chi connectivity index (χ3v) is 1.62. The van der Waals surface area contributed by atoms with E-state index in [1.807, 2.05) is 0 Å². The third-order valence-electron chi connectivity index (χ3n) is 1.62. The SMILES string of the molecule is COc1cc(C(F)F)cnc1CN. The molecule has 0 bridgehead atoms. The number of ether oxygens (including phenoxy) is 1. The van der Waals surface area contributed by atoms with E-state index < -0.39 is 6.43 Å². The Bertz CT molecular complexity index is 291. The van der Waals surface area contributed by atoms with E-state index in [9.17, 15) is 8.78 Å². The van der Waals surface area contributed by atoms with Crippen LogP contribution < -0.4 is 10.5 Å². The summed E-state index contributed by atoms with van der Waals surface area (Å²) in [5.41, 5.74) is 5.64. The van der Waals surface area contributed by atoms with Crippen LogP contribution in [0.5, 0.6) is 5.75 Å². The Morgan fingerprint density at radius 3 is 2.77 bits per heavy atom. The average Bonchev–Trinajstić information content (AvgIpc) is 2.16. The first-order valence-corrected chi connectivity index (χ1v) is 3.70. The lowest BCUT2D eigenvalue weighted by Gasteiger charge is -2.07. The predicted octanol–water partition coefficient (Wildman–Crippen LogP) is 1.49. The number of methoxy groups -OCH3 is 1. The molecule has 0 saturated carbocycles. The minimum Gasteiger partial charge on any atom is -0.495 e. The van der Waals surface area contributed by atoms with Gasteiger partial charge in [0.2, 0.25) is 0 Å². The summed E-state index contributed by atoms with van der Waals surface area (Å²) in [6.45, 7) is 0.173. The fourth-order valence-electron chi connectivity index (χ4n) is 0.937. The third kappa shape index (κ3) is 2.12. The van der Waals surface area contributed by atoms with Gasteiger partial charge in [-0.05, 0) is 6.07 Å². The van der Waals surface area contributed by atoms with Crippen LogP contribution in [0.25, 0.3) is 0 Å². The van der Waals surface area contributed by atoms with Gasteiger partial charge in [-0.15, -0.1) is 0 Å². The maximum Gasteiger partial charge on any atom is 0.265 e. The van der Waals surface area contributed by atoms with Gasteiger partial charge in [-0.2, -0.15) is 0 Å². The van der Waals surface area contributed by atoms with Gasteiger partial charge < -0.3 is 10.5 Å². The van der Waals surface area contributed by atoms with Crippen molar-refractivity contribution in [2.24, 2.45) is 5.73 Å². The highest BCUT2D eigenvalue weighted by Gasteiger charge is 2.11. The number of alkyl halides is 2. The quantitative estimate of drug-likeness (QED) is 0.781. The fourth-order valence-corrected chi connectivity index (χ4v) is 0.937. The first-order valence-electron chi connectivity index (χ1n) is 3.70. The van der Waals surface area contributed by atoms with Crippen molar-refractivity contribution in [1.82, 2.24) is 4.98 Å². The molecule has 0 amide bonds. The summed E-state index contributed by atoms with van der Waals surface area (Å²) < 4.78 is 29.2. The van der Waals surface area contributed by atoms with E-state index in [0.717, 1.165) is 6.20 Å². The van der Waals surface area contributed by atoms with Crippen molar-refractivity contribution < 1.29 is 13.5 Å². The summed E-state index contributed by atoms with van der Waals surface area (Å²) in [7, 11) is 1.39. The molecule has 0 radical (unpaired) electrons. The molecule has 0 aromatic carbocycles. The van der Waals surface area contributed by atoms with Gasteiger partial charge >= 0.3 is 0 Å². The molecule has 1 aromatic heterocycles. The molecule has 72 valence electrons. The zero-order valence-corrected chi connectivity index (χ0v) is 7.13. The van der Waals surface area contributed by atoms with E-state index >= 15 is 0 Å². The zero-order valence-electron chi connectivity index (χ0n) is 7.13. The summed E-state index contributed by atoms with van der Waals surface area (Å²) in [5.74, 6) is 0.306. The van der Waals surface area contributed by atoms with E-state index in [2.05, 4.69) is 4.98 Å². The van der Waals surface area contributed by atoms with Crippen molar-refractivity contribution in [2.45, 2.75) is 13.0 Å². The minimum absolute atomic E-state index is 0.158. The molecule has 1 aromatic rings. The van der Waals surface area contributed by atoms with Crippen LogP contribution in [0.4, 0.5) is 8.78 Å². The smallest absolute Gasteiger partial charge is 0.265 e. The van der Waals surface area contributed by atoms with Gasteiger partial charge in [0.15, 0.2) is 0 Å². The van der Waals surface area contributed by atoms with Crippen molar-refractivity contribution in [3.8, 4) is 5.75 Å². The van der Waals surface area contributed by atoms with Crippen LogP contribution in [0.15, 0.2) is 12.3 Å². The Labute approximate surface area is 74.5 Å². The summed E-state index contributed by atoms with van der Waals surface area (Å²) in [6.07, 6.45) is -1.43. The largest absolute Gasteiger partial charge is 0.495 e. The molecule has 0 saturated heterocycles. The molecular formula is C8H10F2N2O. The Kier molecular flexibility index (Phi) is 3.13. The van der Waals surface area contributed by atoms with E-state index in [1.54, 1.807) is 0 Å². The van der Waals surface area contributed by atoms with Crippen molar-refractivity contribution in [3.05, 3.63) is 23.5 Å². The topological polar surface area (TPSA) is 48.1 Å². The molecule has 0 fully saturated rings. The van der Waals surface area contributed by atoms with Gasteiger partial charge in [-0.25, -0.2) is 8.78 Å². The summed E-state index contributed by atoms with van der Waals surface area (Å²) in [5, 5.41) is 0. The second kappa shape index (κ2) is 4.13. The standard InChI is InChI=1S/C8H10F2N2O/c1-13-7-2-5(8(9)10)4-12-6(7)3-11/h2,4,8H,3,11H2,1H3. The normalized spacial score (nSPS) is 10.5. The summed E-state index contributed by atoms with van der Waals surface area (Å²) in [6, 6.07) is 1.25. The molecule has 2 N–H and O–H groups in total. The van der Waals surface area contributed by atoms with Crippen LogP contribution in [0.1, 0.15) is 17.7 Å². The van der Waals surface area contributed by atoms with Crippen molar-refractivity contribution in [3.63, 3.8) is 0 Å². The maximum atomic E-state index is 12.2. The molecule has 1 rings (SSSR count). The Morgan fingerprint density at radius 2 is 2.31 bits per heavy atom. The van der Waals surface area contributed by atoms with Gasteiger partial charge in [0, 0.05) is 18.3 Å². The molecule has 0 aliphatic rings. The lowest BCUT2D eigenvalue weighted by Crippen LogP contribution is -2.03. The number of hydrogen-bond acceptors (Lipinski definition) is 3. The fraction of sp³-hybridized carbons (Fsp3) is 0.375. The molecule has 5 heteroatoms. The lowest BCUT2D eigenvalue weighted by molar-refractivity contribution is 0.150. The molecule has 1 heterocycles. The highest BCUT2D eigenvalue weighted by Crippen LogP contribution is 2.24. The van der Waals surface area contributed by atoms with E-state index in [0.29, 0.717) is 11.4 Å². The number of pyridine rings is 1. The van der Waals surface area contributed by atoms with Crippen LogP contribution in [0.3, 0.4) is 0 Å². The van der Waals surface area contributed by atoms with Crippen molar-refractivity contribution in [2.75, 3.05) is 7.11 Å². The monoisotopic (exact) mass is 188 g/mol. The Balaban J connectivity index is 3.05. The van der Waals surface area contributed by atoms with Crippen LogP contribution in [-0.2, 0) is 6.54 Å². The molecule has 0 aliphatic heterocycles. The van der Waals surface area contributed by atoms with Gasteiger partial charge in [0.05, 0.1) is 12.8 Å². The Morgan fingerprint density at radius 1 is 1.62 bits per heavy atom. The zero-order chi connectivity index (χ0) is 9.84. The van der Waals surface area contributed by atoms with Gasteiger partial charge in [0.1, 0.15) is 5.75 Å². The first kappa shape index (κ1) is 9.85. The summed E-state index contributed by atoms with van der Waals surface area (Å²) in [4.78, 5) is 3.76.